The van der Waals surface area contributed by atoms with E-state index in [1.165, 1.54) is 26.4 Å². The number of alkyl halides is 1. The first-order chi connectivity index (χ1) is 10.6. The number of aromatic nitrogens is 1. The van der Waals surface area contributed by atoms with Crippen LogP contribution >= 0.6 is 0 Å². The van der Waals surface area contributed by atoms with Crippen LogP contribution in [0.3, 0.4) is 0 Å². The second-order valence-corrected chi connectivity index (χ2v) is 4.08. The van der Waals surface area contributed by atoms with Gasteiger partial charge in [-0.2, -0.15) is 0 Å². The van der Waals surface area contributed by atoms with Crippen molar-refractivity contribution in [2.75, 3.05) is 24.9 Å². The Balaban J connectivity index is 2.12. The van der Waals surface area contributed by atoms with Crippen molar-refractivity contribution >= 4 is 17.5 Å². The standard InChI is InChI=1S/C13H13F2N3O4/c1-20-10-5-11(21-2)9(4-8(10)15)16-13(19)17-12-3-7(6-14)22-18-12/h3-5H,6H2,1-2H3,(H2,16,17,18,19). The Morgan fingerprint density at radius 3 is 2.55 bits per heavy atom. The average Bonchev–Trinajstić information content (AvgIpc) is 2.95. The van der Waals surface area contributed by atoms with Crippen molar-refractivity contribution in [2.24, 2.45) is 0 Å². The summed E-state index contributed by atoms with van der Waals surface area (Å²) in [7, 11) is 2.67. The number of carbonyl (C=O) groups excluding carboxylic acids is 1. The van der Waals surface area contributed by atoms with Crippen LogP contribution in [0.2, 0.25) is 0 Å². The molecule has 0 bridgehead atoms. The first-order valence-corrected chi connectivity index (χ1v) is 6.08. The van der Waals surface area contributed by atoms with Crippen molar-refractivity contribution in [3.63, 3.8) is 0 Å². The van der Waals surface area contributed by atoms with E-state index in [0.717, 1.165) is 6.07 Å². The summed E-state index contributed by atoms with van der Waals surface area (Å²) in [5.41, 5.74) is 0.0903. The van der Waals surface area contributed by atoms with Gasteiger partial charge in [-0.05, 0) is 0 Å². The lowest BCUT2D eigenvalue weighted by Gasteiger charge is -2.12. The number of hydrogen-bond acceptors (Lipinski definition) is 5. The fraction of sp³-hybridized carbons (Fsp3) is 0.231. The zero-order chi connectivity index (χ0) is 16.1. The topological polar surface area (TPSA) is 85.6 Å². The quantitative estimate of drug-likeness (QED) is 0.886. The maximum atomic E-state index is 13.7. The van der Waals surface area contributed by atoms with Crippen LogP contribution in [0.5, 0.6) is 11.5 Å². The van der Waals surface area contributed by atoms with Crippen molar-refractivity contribution in [1.82, 2.24) is 5.16 Å². The van der Waals surface area contributed by atoms with E-state index in [0.29, 0.717) is 0 Å². The van der Waals surface area contributed by atoms with Gasteiger partial charge < -0.3 is 19.3 Å². The molecular weight excluding hydrogens is 300 g/mol. The fourth-order valence-corrected chi connectivity index (χ4v) is 1.66. The predicted molar refractivity (Wildman–Crippen MR) is 73.5 cm³/mol. The molecule has 7 nitrogen and oxygen atoms in total. The largest absolute Gasteiger partial charge is 0.494 e. The normalized spacial score (nSPS) is 10.2. The minimum atomic E-state index is -0.839. The number of carbonyl (C=O) groups is 1. The van der Waals surface area contributed by atoms with Gasteiger partial charge in [-0.15, -0.1) is 0 Å². The summed E-state index contributed by atoms with van der Waals surface area (Å²) >= 11 is 0. The van der Waals surface area contributed by atoms with Crippen LogP contribution in [0.1, 0.15) is 5.76 Å². The number of halogens is 2. The number of methoxy groups -OCH3 is 2. The van der Waals surface area contributed by atoms with E-state index in [2.05, 4.69) is 20.3 Å². The van der Waals surface area contributed by atoms with E-state index in [-0.39, 0.29) is 28.8 Å². The third-order valence-corrected chi connectivity index (χ3v) is 2.65. The molecule has 0 aliphatic heterocycles. The number of anilines is 2. The molecular formula is C13H13F2N3O4. The summed E-state index contributed by atoms with van der Waals surface area (Å²) in [5, 5.41) is 8.14. The smallest absolute Gasteiger partial charge is 0.325 e. The number of ether oxygens (including phenoxy) is 2. The Kier molecular flexibility index (Phi) is 4.77. The number of hydrogen-bond donors (Lipinski definition) is 2. The molecule has 2 rings (SSSR count). The highest BCUT2D eigenvalue weighted by Gasteiger charge is 2.14. The van der Waals surface area contributed by atoms with E-state index in [4.69, 9.17) is 9.47 Å². The number of rotatable bonds is 5. The van der Waals surface area contributed by atoms with Gasteiger partial charge in [-0.25, -0.2) is 13.6 Å². The van der Waals surface area contributed by atoms with Gasteiger partial charge in [0.15, 0.2) is 29.8 Å². The first-order valence-electron chi connectivity index (χ1n) is 6.08. The maximum Gasteiger partial charge on any atom is 0.325 e. The van der Waals surface area contributed by atoms with Crippen molar-refractivity contribution in [2.45, 2.75) is 6.67 Å². The van der Waals surface area contributed by atoms with E-state index in [9.17, 15) is 13.6 Å². The predicted octanol–water partition coefficient (Wildman–Crippen LogP) is 2.94. The Bertz CT molecular complexity index is 675. The van der Waals surface area contributed by atoms with Gasteiger partial charge in [0.25, 0.3) is 0 Å². The lowest BCUT2D eigenvalue weighted by molar-refractivity contribution is 0.261. The van der Waals surface area contributed by atoms with Crippen LogP contribution in [0.25, 0.3) is 0 Å². The zero-order valence-electron chi connectivity index (χ0n) is 11.8. The molecule has 118 valence electrons. The van der Waals surface area contributed by atoms with Crippen molar-refractivity contribution in [3.8, 4) is 11.5 Å². The van der Waals surface area contributed by atoms with Crippen molar-refractivity contribution in [3.05, 3.63) is 29.8 Å². The van der Waals surface area contributed by atoms with Crippen LogP contribution in [0, 0.1) is 5.82 Å². The summed E-state index contributed by atoms with van der Waals surface area (Å²) in [6.45, 7) is -0.839. The van der Waals surface area contributed by atoms with Crippen molar-refractivity contribution < 1.29 is 27.6 Å². The Hall–Kier alpha value is -2.84. The molecule has 2 aromatic rings. The third-order valence-electron chi connectivity index (χ3n) is 2.65. The first kappa shape index (κ1) is 15.5. The van der Waals surface area contributed by atoms with Crippen molar-refractivity contribution in [1.29, 1.82) is 0 Å². The molecule has 22 heavy (non-hydrogen) atoms. The lowest BCUT2D eigenvalue weighted by atomic mass is 10.2. The molecule has 0 saturated heterocycles. The van der Waals surface area contributed by atoms with Gasteiger partial charge in [-0.1, -0.05) is 5.16 Å². The van der Waals surface area contributed by atoms with Gasteiger partial charge in [0, 0.05) is 18.2 Å². The lowest BCUT2D eigenvalue weighted by Crippen LogP contribution is -2.20. The molecule has 1 heterocycles. The molecule has 0 spiro atoms. The molecule has 9 heteroatoms. The Labute approximate surface area is 124 Å². The molecule has 0 aliphatic rings. The third kappa shape index (κ3) is 3.43. The summed E-state index contributed by atoms with van der Waals surface area (Å²) in [6, 6.07) is 2.85. The van der Waals surface area contributed by atoms with E-state index in [1.54, 1.807) is 0 Å². The molecule has 2 amide bonds. The van der Waals surface area contributed by atoms with Crippen LogP contribution in [-0.2, 0) is 6.67 Å². The van der Waals surface area contributed by atoms with Crippen LogP contribution in [0.4, 0.5) is 25.1 Å². The Morgan fingerprint density at radius 1 is 1.23 bits per heavy atom. The summed E-state index contributed by atoms with van der Waals surface area (Å²) in [6.07, 6.45) is 0. The zero-order valence-corrected chi connectivity index (χ0v) is 11.8. The van der Waals surface area contributed by atoms with Crippen LogP contribution < -0.4 is 20.1 Å². The van der Waals surface area contributed by atoms with E-state index >= 15 is 0 Å². The number of benzene rings is 1. The highest BCUT2D eigenvalue weighted by atomic mass is 19.1. The van der Waals surface area contributed by atoms with Gasteiger partial charge in [-0.3, -0.25) is 5.32 Å². The summed E-state index contributed by atoms with van der Waals surface area (Å²) in [4.78, 5) is 11.8. The van der Waals surface area contributed by atoms with Crippen LogP contribution in [-0.4, -0.2) is 25.4 Å². The highest BCUT2D eigenvalue weighted by Crippen LogP contribution is 2.32. The summed E-state index contributed by atoms with van der Waals surface area (Å²) in [5.74, 6) is -0.480. The molecule has 0 saturated carbocycles. The molecule has 1 aromatic heterocycles. The van der Waals surface area contributed by atoms with Gasteiger partial charge in [0.2, 0.25) is 0 Å². The molecule has 1 aromatic carbocycles. The molecule has 0 atom stereocenters. The number of amides is 2. The monoisotopic (exact) mass is 313 g/mol. The molecule has 0 unspecified atom stereocenters. The highest BCUT2D eigenvalue weighted by molar-refractivity contribution is 6.00. The van der Waals surface area contributed by atoms with E-state index < -0.39 is 18.5 Å². The minimum absolute atomic E-state index is 0.0214. The number of nitrogens with one attached hydrogen (secondary N) is 2. The van der Waals surface area contributed by atoms with Gasteiger partial charge in [0.05, 0.1) is 19.9 Å². The average molecular weight is 313 g/mol. The summed E-state index contributed by atoms with van der Waals surface area (Å²) < 4.78 is 40.4. The molecule has 2 N–H and O–H groups in total. The molecule has 0 aliphatic carbocycles. The molecule has 0 fully saturated rings. The number of nitrogens with zero attached hydrogens (tertiary/aromatic N) is 1. The van der Waals surface area contributed by atoms with E-state index in [1.807, 2.05) is 0 Å². The maximum absolute atomic E-state index is 13.7. The SMILES string of the molecule is COc1cc(OC)c(NC(=O)Nc2cc(CF)on2)cc1F. The second-order valence-electron chi connectivity index (χ2n) is 4.08. The fourth-order valence-electron chi connectivity index (χ4n) is 1.66. The van der Waals surface area contributed by atoms with Gasteiger partial charge in [0.1, 0.15) is 5.75 Å². The second kappa shape index (κ2) is 6.74. The van der Waals surface area contributed by atoms with Gasteiger partial charge >= 0.3 is 6.03 Å². The Morgan fingerprint density at radius 2 is 1.95 bits per heavy atom. The van der Waals surface area contributed by atoms with Crippen LogP contribution in [0.15, 0.2) is 22.7 Å². The molecule has 0 radical (unpaired) electrons. The number of urea groups is 1. The minimum Gasteiger partial charge on any atom is -0.494 e.